The molecule has 226 valence electrons. The predicted octanol–water partition coefficient (Wildman–Crippen LogP) is 5.10. The number of phenols is 1. The number of carbonyl (C=O) groups excluding carboxylic acids is 1. The predicted molar refractivity (Wildman–Crippen MR) is 165 cm³/mol. The van der Waals surface area contributed by atoms with Crippen molar-refractivity contribution in [3.8, 4) is 22.7 Å². The molecule has 1 amide bonds. The van der Waals surface area contributed by atoms with Crippen LogP contribution < -0.4 is 10.6 Å². The second-order valence-electron chi connectivity index (χ2n) is 12.0. The summed E-state index contributed by atoms with van der Waals surface area (Å²) in [6.45, 7) is 8.30. The molecule has 7 rings (SSSR count). The third kappa shape index (κ3) is 4.70. The molecule has 44 heavy (non-hydrogen) atoms. The highest BCUT2D eigenvalue weighted by atomic mass is 35.5. The third-order valence-corrected chi connectivity index (χ3v) is 9.06. The maximum absolute atomic E-state index is 15.2. The Morgan fingerprint density at radius 1 is 1.07 bits per heavy atom. The second kappa shape index (κ2) is 10.7. The van der Waals surface area contributed by atoms with Crippen LogP contribution in [0.3, 0.4) is 0 Å². The van der Waals surface area contributed by atoms with Crippen molar-refractivity contribution in [1.29, 1.82) is 0 Å². The lowest BCUT2D eigenvalue weighted by Crippen LogP contribution is -2.58. The highest BCUT2D eigenvalue weighted by molar-refractivity contribution is 6.34. The lowest BCUT2D eigenvalue weighted by Gasteiger charge is -2.44. The van der Waals surface area contributed by atoms with Crippen molar-refractivity contribution < 1.29 is 14.3 Å². The summed E-state index contributed by atoms with van der Waals surface area (Å²) >= 11 is 6.80. The van der Waals surface area contributed by atoms with Gasteiger partial charge in [0.1, 0.15) is 23.7 Å². The van der Waals surface area contributed by atoms with E-state index in [4.69, 9.17) is 16.6 Å². The van der Waals surface area contributed by atoms with Crippen molar-refractivity contribution in [2.45, 2.75) is 63.5 Å². The number of aromatic hydroxyl groups is 1. The van der Waals surface area contributed by atoms with E-state index in [0.717, 1.165) is 37.1 Å². The van der Waals surface area contributed by atoms with Crippen molar-refractivity contribution >= 4 is 34.4 Å². The fourth-order valence-electron chi connectivity index (χ4n) is 6.24. The molecule has 3 aliphatic rings. The smallest absolute Gasteiger partial charge is 0.355 e. The van der Waals surface area contributed by atoms with Crippen LogP contribution in [0.4, 0.5) is 10.2 Å². The lowest BCUT2D eigenvalue weighted by atomic mass is 10.1. The molecule has 1 aliphatic heterocycles. The Hall–Kier alpha value is -4.38. The molecule has 2 atom stereocenters. The van der Waals surface area contributed by atoms with Crippen LogP contribution in [0.2, 0.25) is 5.02 Å². The first kappa shape index (κ1) is 28.4. The molecular weight excluding hydrogens is 585 g/mol. The highest BCUT2D eigenvalue weighted by Gasteiger charge is 2.38. The van der Waals surface area contributed by atoms with Gasteiger partial charge >= 0.3 is 5.69 Å². The van der Waals surface area contributed by atoms with Crippen LogP contribution in [-0.4, -0.2) is 65.6 Å². The second-order valence-corrected chi connectivity index (χ2v) is 12.4. The van der Waals surface area contributed by atoms with E-state index >= 15 is 4.39 Å². The minimum Gasteiger partial charge on any atom is -0.507 e. The average Bonchev–Trinajstić information content (AvgIpc) is 3.92. The fraction of sp³-hybridized carbons (Fsp3) is 0.375. The molecule has 1 saturated heterocycles. The van der Waals surface area contributed by atoms with Gasteiger partial charge in [-0.15, -0.1) is 0 Å². The van der Waals surface area contributed by atoms with E-state index in [1.165, 1.54) is 28.8 Å². The molecule has 12 heteroatoms. The molecule has 3 fully saturated rings. The molecule has 0 radical (unpaired) electrons. The quantitative estimate of drug-likeness (QED) is 0.298. The van der Waals surface area contributed by atoms with Crippen LogP contribution in [0.1, 0.15) is 62.8 Å². The van der Waals surface area contributed by atoms with E-state index in [-0.39, 0.29) is 57.5 Å². The summed E-state index contributed by atoms with van der Waals surface area (Å²) in [7, 11) is 0. The van der Waals surface area contributed by atoms with Crippen molar-refractivity contribution in [2.24, 2.45) is 0 Å². The van der Waals surface area contributed by atoms with Crippen LogP contribution in [0, 0.1) is 5.82 Å². The van der Waals surface area contributed by atoms with Gasteiger partial charge in [-0.3, -0.25) is 4.79 Å². The fourth-order valence-corrected chi connectivity index (χ4v) is 6.49. The van der Waals surface area contributed by atoms with Gasteiger partial charge in [0.15, 0.2) is 5.65 Å². The molecule has 2 saturated carbocycles. The summed E-state index contributed by atoms with van der Waals surface area (Å²) < 4.78 is 16.6. The number of pyridine rings is 1. The molecule has 0 spiro atoms. The molecule has 1 N–H and O–H groups in total. The first-order valence-electron chi connectivity index (χ1n) is 14.8. The topological polar surface area (TPSA) is 117 Å². The lowest BCUT2D eigenvalue weighted by molar-refractivity contribution is -0.128. The average molecular weight is 616 g/mol. The molecule has 2 aliphatic carbocycles. The van der Waals surface area contributed by atoms with Crippen LogP contribution in [0.15, 0.2) is 48.0 Å². The molecular formula is C32H31ClFN7O3. The van der Waals surface area contributed by atoms with Crippen LogP contribution in [-0.2, 0) is 4.79 Å². The Balaban J connectivity index is 1.51. The molecule has 4 heterocycles. The van der Waals surface area contributed by atoms with Gasteiger partial charge in [-0.05, 0) is 63.8 Å². The Morgan fingerprint density at radius 3 is 2.36 bits per heavy atom. The first-order valence-corrected chi connectivity index (χ1v) is 15.2. The number of halogens is 2. The zero-order chi connectivity index (χ0) is 30.9. The van der Waals surface area contributed by atoms with E-state index < -0.39 is 11.5 Å². The van der Waals surface area contributed by atoms with Gasteiger partial charge in [-0.2, -0.15) is 4.98 Å². The molecule has 3 aromatic heterocycles. The van der Waals surface area contributed by atoms with E-state index in [2.05, 4.69) is 21.5 Å². The largest absolute Gasteiger partial charge is 0.507 e. The number of carbonyl (C=O) groups is 1. The normalized spacial score (nSPS) is 20.3. The Kier molecular flexibility index (Phi) is 6.88. The summed E-state index contributed by atoms with van der Waals surface area (Å²) in [5, 5.41) is 11.2. The number of phenolic OH excluding ortho intramolecular Hbond substituents is 1. The molecule has 10 nitrogen and oxygen atoms in total. The van der Waals surface area contributed by atoms with E-state index in [0.29, 0.717) is 30.0 Å². The number of hydrogen-bond acceptors (Lipinski definition) is 8. The van der Waals surface area contributed by atoms with Crippen molar-refractivity contribution in [2.75, 3.05) is 18.0 Å². The zero-order valence-electron chi connectivity index (χ0n) is 24.4. The van der Waals surface area contributed by atoms with Gasteiger partial charge in [0.25, 0.3) is 0 Å². The van der Waals surface area contributed by atoms with Crippen molar-refractivity contribution in [3.05, 3.63) is 76.0 Å². The number of anilines is 1. The first-order chi connectivity index (χ1) is 21.2. The number of fused-ring (bicyclic) bond motifs is 1. The van der Waals surface area contributed by atoms with Crippen LogP contribution >= 0.6 is 11.6 Å². The summed E-state index contributed by atoms with van der Waals surface area (Å²) in [6.07, 6.45) is 6.64. The van der Waals surface area contributed by atoms with E-state index in [1.54, 1.807) is 17.3 Å². The van der Waals surface area contributed by atoms with Crippen molar-refractivity contribution in [1.82, 2.24) is 29.4 Å². The number of rotatable bonds is 6. The standard InChI is InChI=1S/C32H31ClFN7O3/c1-4-24(43)39-13-17(3)40(14-16(39)2)30-20-12-21(33)28(25-22(34)6-5-7-23(25)42)37-31(20)41(32(44)38-30)29-26(18-8-9-18)35-15-36-27(29)19-10-11-19/h4-7,12,15-19,42H,1,8-11,13-14H2,2-3H3/t16-,17+/m1/s1. The summed E-state index contributed by atoms with van der Waals surface area (Å²) in [6, 6.07) is 5.20. The zero-order valence-corrected chi connectivity index (χ0v) is 25.1. The Labute approximate surface area is 257 Å². The number of aromatic nitrogens is 5. The van der Waals surface area contributed by atoms with E-state index in [1.807, 2.05) is 18.7 Å². The Bertz CT molecular complexity index is 1860. The number of hydrogen-bond donors (Lipinski definition) is 1. The number of piperazine rings is 1. The highest BCUT2D eigenvalue weighted by Crippen LogP contribution is 2.48. The van der Waals surface area contributed by atoms with Gasteiger partial charge in [-0.25, -0.2) is 28.7 Å². The minimum atomic E-state index is -0.701. The minimum absolute atomic E-state index is 0.000626. The SMILES string of the molecule is C=CC(=O)N1C[C@H](C)N(c2nc(=O)n(-c3c(C4CC4)ncnc3C3CC3)c3nc(-c4c(O)cccc4F)c(Cl)cc23)C[C@H]1C. The van der Waals surface area contributed by atoms with Crippen LogP contribution in [0.5, 0.6) is 5.75 Å². The van der Waals surface area contributed by atoms with E-state index in [9.17, 15) is 14.7 Å². The molecule has 4 aromatic rings. The Morgan fingerprint density at radius 2 is 1.75 bits per heavy atom. The summed E-state index contributed by atoms with van der Waals surface area (Å²) in [5.74, 6) is -0.458. The molecule has 0 unspecified atom stereocenters. The molecule has 1 aromatic carbocycles. The number of benzene rings is 1. The monoisotopic (exact) mass is 615 g/mol. The maximum atomic E-state index is 15.2. The molecule has 0 bridgehead atoms. The summed E-state index contributed by atoms with van der Waals surface area (Å²) in [4.78, 5) is 49.2. The third-order valence-electron chi connectivity index (χ3n) is 8.78. The number of nitrogens with zero attached hydrogens (tertiary/aromatic N) is 7. The van der Waals surface area contributed by atoms with Gasteiger partial charge in [0.05, 0.1) is 38.7 Å². The van der Waals surface area contributed by atoms with Gasteiger partial charge in [-0.1, -0.05) is 24.2 Å². The van der Waals surface area contributed by atoms with Crippen molar-refractivity contribution in [3.63, 3.8) is 0 Å². The van der Waals surface area contributed by atoms with Gasteiger partial charge in [0.2, 0.25) is 5.91 Å². The maximum Gasteiger partial charge on any atom is 0.355 e. The van der Waals surface area contributed by atoms with Gasteiger partial charge < -0.3 is 14.9 Å². The van der Waals surface area contributed by atoms with Crippen LogP contribution in [0.25, 0.3) is 28.0 Å². The van der Waals surface area contributed by atoms with Gasteiger partial charge in [0, 0.05) is 37.0 Å². The summed E-state index contributed by atoms with van der Waals surface area (Å²) in [5.41, 5.74) is 1.59. The number of amides is 1.